The molecule has 0 N–H and O–H groups in total. The Hall–Kier alpha value is -13.7. The fourth-order valence-electron chi connectivity index (χ4n) is 22.8. The van der Waals surface area contributed by atoms with Gasteiger partial charge in [-0.1, -0.05) is 355 Å². The van der Waals surface area contributed by atoms with Gasteiger partial charge < -0.3 is 9.80 Å². The van der Waals surface area contributed by atoms with Crippen molar-refractivity contribution in [3.63, 3.8) is 0 Å². The molecule has 120 heavy (non-hydrogen) atoms. The van der Waals surface area contributed by atoms with Crippen molar-refractivity contribution >= 4 is 64.0 Å². The zero-order chi connectivity index (χ0) is 81.3. The molecular formula is C118H92N2. The van der Waals surface area contributed by atoms with Gasteiger partial charge in [0, 0.05) is 61.2 Å². The fourth-order valence-corrected chi connectivity index (χ4v) is 22.8. The Bertz CT molecular complexity index is 7060. The van der Waals surface area contributed by atoms with Crippen LogP contribution in [0.5, 0.6) is 0 Å². The van der Waals surface area contributed by atoms with E-state index in [4.69, 9.17) is 0 Å². The van der Waals surface area contributed by atoms with Gasteiger partial charge in [0.25, 0.3) is 0 Å². The second kappa shape index (κ2) is 25.7. The molecule has 7 aliphatic carbocycles. The summed E-state index contributed by atoms with van der Waals surface area (Å²) in [4.78, 5) is 5.02. The van der Waals surface area contributed by atoms with Crippen LogP contribution in [0.4, 0.5) is 34.1 Å². The molecule has 0 unspecified atom stereocenters. The second-order valence-electron chi connectivity index (χ2n) is 37.2. The van der Waals surface area contributed by atoms with Crippen molar-refractivity contribution in [1.29, 1.82) is 0 Å². The third-order valence-electron chi connectivity index (χ3n) is 29.0. The van der Waals surface area contributed by atoms with Gasteiger partial charge in [0.2, 0.25) is 0 Å². The van der Waals surface area contributed by atoms with Gasteiger partial charge in [-0.25, -0.2) is 0 Å². The number of nitrogens with zero attached hydrogens (tertiary/aromatic N) is 2. The van der Waals surface area contributed by atoms with Crippen LogP contribution in [0.25, 0.3) is 108 Å². The average Bonchev–Trinajstić information content (AvgIpc) is 1.53. The van der Waals surface area contributed by atoms with Crippen LogP contribution in [0.3, 0.4) is 0 Å². The van der Waals surface area contributed by atoms with E-state index in [1.54, 1.807) is 0 Å². The van der Waals surface area contributed by atoms with Crippen LogP contribution < -0.4 is 9.80 Å². The van der Waals surface area contributed by atoms with Crippen molar-refractivity contribution in [2.45, 2.75) is 102 Å². The van der Waals surface area contributed by atoms with E-state index < -0.39 is 5.41 Å². The summed E-state index contributed by atoms with van der Waals surface area (Å²) in [5, 5.41) is 0. The standard InChI is InChI=1S/C118H92N2/c1-72-85-30-18-19-31-86(85)87-56-46-79(66-100(72)87)119(80-47-57-93-88-32-20-23-35-101(88)113(2,3)106(93)67-80)81-50-60-96-91-52-42-73(62-104(91)116(8,9)109(96)70-81)38-40-75-44-54-98-99-55-45-76(65-112(99)118(111(98)64-75,77-26-14-12-15-27-77)78-28-16-13-17-29-78)41-39-74-43-53-92-97-61-51-84(71-110(97)117(10,11)105(92)63-74)120(82-48-58-94-89-33-21-24-36-102(89)114(4,5)107(94)68-82)83-49-59-95-90-34-22-25-37-103(90)115(6,7)108(95)69-83/h12-71H,1H2,2-11H3/b40-38+,41-39+. The van der Waals surface area contributed by atoms with Crippen LogP contribution in [0.15, 0.2) is 346 Å². The van der Waals surface area contributed by atoms with Gasteiger partial charge in [-0.2, -0.15) is 0 Å². The molecule has 0 amide bonds. The van der Waals surface area contributed by atoms with Crippen LogP contribution in [-0.4, -0.2) is 0 Å². The summed E-state index contributed by atoms with van der Waals surface area (Å²) in [7, 11) is 0. The van der Waals surface area contributed by atoms with Gasteiger partial charge >= 0.3 is 0 Å². The first-order valence-corrected chi connectivity index (χ1v) is 42.8. The number of fused-ring (bicyclic) bond motifs is 21. The van der Waals surface area contributed by atoms with E-state index >= 15 is 0 Å². The summed E-state index contributed by atoms with van der Waals surface area (Å²) < 4.78 is 0. The average molecular weight is 1540 g/mol. The summed E-state index contributed by atoms with van der Waals surface area (Å²) >= 11 is 0. The largest absolute Gasteiger partial charge is 0.310 e. The third-order valence-corrected chi connectivity index (χ3v) is 29.0. The Morgan fingerprint density at radius 3 is 0.725 bits per heavy atom. The SMILES string of the molecule is C=C1c2ccccc2-c2ccc(N(c3ccc4c(c3)C(C)(C)c3ccccc3-4)c3ccc4c(c3)C(C)(C)c3cc(/C=C/c5ccc6c(c5)C(c5ccccc5)(c5ccccc5)c5cc(/C=C/c7ccc8c(c7)C(C)(C)c7cc(N(c9ccc%10c(c9)C(C)(C)c9ccccc9-%10)c9ccc%10c(c9)C(C)(C)c9ccccc9-%10)ccc7-8)ccc5-6)ccc3-4)cc21. The quantitative estimate of drug-likeness (QED) is 0.113. The van der Waals surface area contributed by atoms with Crippen molar-refractivity contribution < 1.29 is 0 Å². The van der Waals surface area contributed by atoms with Crippen LogP contribution in [0.2, 0.25) is 0 Å². The molecule has 0 atom stereocenters. The van der Waals surface area contributed by atoms with Crippen LogP contribution >= 0.6 is 0 Å². The first-order chi connectivity index (χ1) is 58.1. The summed E-state index contributed by atoms with van der Waals surface area (Å²) in [6.45, 7) is 28.7. The maximum absolute atomic E-state index is 4.68. The maximum atomic E-state index is 4.68. The lowest BCUT2D eigenvalue weighted by molar-refractivity contribution is 0.659. The monoisotopic (exact) mass is 1540 g/mol. The molecule has 16 aromatic carbocycles. The Kier molecular flexibility index (Phi) is 15.3. The molecule has 16 aromatic rings. The first-order valence-electron chi connectivity index (χ1n) is 42.8. The summed E-state index contributed by atoms with van der Waals surface area (Å²) in [6, 6.07) is 130. The van der Waals surface area contributed by atoms with E-state index in [0.717, 1.165) is 50.8 Å². The molecule has 0 aliphatic heterocycles. The lowest BCUT2D eigenvalue weighted by Gasteiger charge is -2.34. The van der Waals surface area contributed by atoms with Crippen LogP contribution in [0.1, 0.15) is 181 Å². The molecule has 23 rings (SSSR count). The van der Waals surface area contributed by atoms with Crippen LogP contribution in [-0.2, 0) is 32.5 Å². The topological polar surface area (TPSA) is 6.48 Å². The molecule has 0 heterocycles. The van der Waals surface area contributed by atoms with Crippen LogP contribution in [0, 0.1) is 0 Å². The predicted octanol–water partition coefficient (Wildman–Crippen LogP) is 30.9. The Labute approximate surface area is 706 Å². The molecule has 574 valence electrons. The molecule has 0 fully saturated rings. The minimum Gasteiger partial charge on any atom is -0.310 e. The Morgan fingerprint density at radius 1 is 0.183 bits per heavy atom. The van der Waals surface area contributed by atoms with Crippen molar-refractivity contribution in [1.82, 2.24) is 0 Å². The number of hydrogen-bond donors (Lipinski definition) is 0. The van der Waals surface area contributed by atoms with Gasteiger partial charge in [-0.15, -0.1) is 0 Å². The van der Waals surface area contributed by atoms with Crippen molar-refractivity contribution in [2.24, 2.45) is 0 Å². The normalized spacial score (nSPS) is 15.9. The molecule has 2 heteroatoms. The van der Waals surface area contributed by atoms with E-state index in [1.807, 2.05) is 0 Å². The molecule has 0 bridgehead atoms. The Balaban J connectivity index is 0.559. The highest BCUT2D eigenvalue weighted by molar-refractivity contribution is 6.03. The molecular weight excluding hydrogens is 1450 g/mol. The van der Waals surface area contributed by atoms with E-state index in [-0.39, 0.29) is 27.1 Å². The summed E-state index contributed by atoms with van der Waals surface area (Å²) in [5.74, 6) is 0. The van der Waals surface area contributed by atoms with Gasteiger partial charge in [0.1, 0.15) is 0 Å². The molecule has 0 spiro atoms. The molecule has 0 aromatic heterocycles. The van der Waals surface area contributed by atoms with E-state index in [9.17, 15) is 0 Å². The van der Waals surface area contributed by atoms with E-state index in [0.29, 0.717) is 0 Å². The minimum atomic E-state index is -0.605. The maximum Gasteiger partial charge on any atom is 0.0713 e. The summed E-state index contributed by atoms with van der Waals surface area (Å²) in [5.41, 5.74) is 50.1. The molecule has 7 aliphatic rings. The number of benzene rings is 16. The number of hydrogen-bond acceptors (Lipinski definition) is 2. The molecule has 0 radical (unpaired) electrons. The number of anilines is 6. The minimum absolute atomic E-state index is 0.150. The second-order valence-corrected chi connectivity index (χ2v) is 37.2. The van der Waals surface area contributed by atoms with Crippen molar-refractivity contribution in [3.05, 3.63) is 458 Å². The van der Waals surface area contributed by atoms with Gasteiger partial charge in [-0.3, -0.25) is 0 Å². The van der Waals surface area contributed by atoms with Crippen molar-refractivity contribution in [3.8, 4) is 77.9 Å². The highest BCUT2D eigenvalue weighted by atomic mass is 15.1. The van der Waals surface area contributed by atoms with Gasteiger partial charge in [0.15, 0.2) is 0 Å². The fraction of sp³-hybridized carbons (Fsp3) is 0.136. The molecule has 2 nitrogen and oxygen atoms in total. The van der Waals surface area contributed by atoms with Gasteiger partial charge in [-0.05, 0) is 280 Å². The Morgan fingerprint density at radius 2 is 0.400 bits per heavy atom. The summed E-state index contributed by atoms with van der Waals surface area (Å²) in [6.07, 6.45) is 9.33. The number of rotatable bonds is 12. The molecule has 0 saturated carbocycles. The van der Waals surface area contributed by atoms with E-state index in [1.165, 1.54) is 178 Å². The zero-order valence-corrected chi connectivity index (χ0v) is 69.7. The predicted molar refractivity (Wildman–Crippen MR) is 505 cm³/mol. The van der Waals surface area contributed by atoms with E-state index in [2.05, 4.69) is 450 Å². The van der Waals surface area contributed by atoms with Crippen molar-refractivity contribution in [2.75, 3.05) is 9.80 Å². The highest BCUT2D eigenvalue weighted by Gasteiger charge is 2.48. The first kappa shape index (κ1) is 71.6. The molecule has 0 saturated heterocycles. The zero-order valence-electron chi connectivity index (χ0n) is 69.7. The smallest absolute Gasteiger partial charge is 0.0713 e. The lowest BCUT2D eigenvalue weighted by Crippen LogP contribution is -2.28. The lowest BCUT2D eigenvalue weighted by atomic mass is 9.67. The third kappa shape index (κ3) is 10.2. The highest BCUT2D eigenvalue weighted by Crippen LogP contribution is 2.61. The van der Waals surface area contributed by atoms with Gasteiger partial charge in [0.05, 0.1) is 5.41 Å².